The Kier molecular flexibility index (Phi) is 5.35. The van der Waals surface area contributed by atoms with Crippen molar-refractivity contribution >= 4 is 0 Å². The molecule has 1 aliphatic heterocycles. The lowest BCUT2D eigenvalue weighted by Crippen LogP contribution is -2.36. The summed E-state index contributed by atoms with van der Waals surface area (Å²) in [4.78, 5) is 6.91. The minimum Gasteiger partial charge on any atom is -0.383 e. The van der Waals surface area contributed by atoms with E-state index >= 15 is 0 Å². The van der Waals surface area contributed by atoms with Crippen LogP contribution in [0.4, 0.5) is 4.39 Å². The molecule has 0 bridgehead atoms. The largest absolute Gasteiger partial charge is 0.383 e. The second kappa shape index (κ2) is 7.66. The number of rotatable bonds is 6. The zero-order chi connectivity index (χ0) is 16.1. The fraction of sp³-hybridized carbons (Fsp3) is 0.529. The summed E-state index contributed by atoms with van der Waals surface area (Å²) in [7, 11) is 1.74. The number of aromatic nitrogens is 3. The Morgan fingerprint density at radius 2 is 1.96 bits per heavy atom. The van der Waals surface area contributed by atoms with Gasteiger partial charge < -0.3 is 9.64 Å². The molecule has 1 fully saturated rings. The molecule has 6 heteroatoms. The molecule has 1 aromatic heterocycles. The Balaban J connectivity index is 1.61. The molecule has 0 spiro atoms. The quantitative estimate of drug-likeness (QED) is 0.820. The monoisotopic (exact) mass is 318 g/mol. The van der Waals surface area contributed by atoms with E-state index in [0.717, 1.165) is 50.5 Å². The molecule has 1 aromatic carbocycles. The van der Waals surface area contributed by atoms with Crippen molar-refractivity contribution in [2.45, 2.75) is 25.3 Å². The van der Waals surface area contributed by atoms with Gasteiger partial charge >= 0.3 is 0 Å². The zero-order valence-electron chi connectivity index (χ0n) is 13.5. The predicted octanol–water partition coefficient (Wildman–Crippen LogP) is 2.29. The topological polar surface area (TPSA) is 43.2 Å². The van der Waals surface area contributed by atoms with Gasteiger partial charge in [0.25, 0.3) is 0 Å². The van der Waals surface area contributed by atoms with Gasteiger partial charge in [-0.15, -0.1) is 0 Å². The van der Waals surface area contributed by atoms with E-state index in [0.29, 0.717) is 12.5 Å². The van der Waals surface area contributed by atoms with Crippen molar-refractivity contribution in [2.75, 3.05) is 33.4 Å². The first-order valence-electron chi connectivity index (χ1n) is 8.09. The number of hydrogen-bond donors (Lipinski definition) is 0. The Bertz CT molecular complexity index is 605. The molecule has 0 saturated carbocycles. The van der Waals surface area contributed by atoms with Crippen LogP contribution in [0.15, 0.2) is 30.6 Å². The number of benzene rings is 1. The van der Waals surface area contributed by atoms with Crippen molar-refractivity contribution in [3.05, 3.63) is 47.8 Å². The predicted molar refractivity (Wildman–Crippen MR) is 85.8 cm³/mol. The van der Waals surface area contributed by atoms with Crippen LogP contribution in [0.2, 0.25) is 0 Å². The van der Waals surface area contributed by atoms with Crippen LogP contribution < -0.4 is 0 Å². The molecule has 1 aliphatic rings. The number of halogens is 1. The molecule has 0 aliphatic carbocycles. The molecular formula is C17H23FN4O. The van der Waals surface area contributed by atoms with Crippen LogP contribution in [0, 0.1) is 5.82 Å². The second-order valence-electron chi connectivity index (χ2n) is 6.01. The number of ether oxygens (including phenoxy) is 1. The molecule has 0 N–H and O–H groups in total. The van der Waals surface area contributed by atoms with Crippen LogP contribution in [-0.2, 0) is 11.3 Å². The highest BCUT2D eigenvalue weighted by Crippen LogP contribution is 2.26. The molecule has 5 nitrogen and oxygen atoms in total. The van der Waals surface area contributed by atoms with Crippen LogP contribution in [0.25, 0.3) is 0 Å². The molecule has 0 radical (unpaired) electrons. The maximum absolute atomic E-state index is 13.0. The van der Waals surface area contributed by atoms with Crippen molar-refractivity contribution in [1.29, 1.82) is 0 Å². The highest BCUT2D eigenvalue weighted by atomic mass is 19.1. The number of nitrogens with zero attached hydrogens (tertiary/aromatic N) is 4. The van der Waals surface area contributed by atoms with Crippen molar-refractivity contribution in [3.63, 3.8) is 0 Å². The van der Waals surface area contributed by atoms with Gasteiger partial charge in [-0.05, 0) is 43.6 Å². The number of hydrogen-bond acceptors (Lipinski definition) is 4. The molecule has 1 saturated heterocycles. The fourth-order valence-electron chi connectivity index (χ4n) is 3.11. The molecular weight excluding hydrogens is 295 g/mol. The lowest BCUT2D eigenvalue weighted by atomic mass is 9.96. The average Bonchev–Trinajstić information content (AvgIpc) is 3.04. The Labute approximate surface area is 136 Å². The first kappa shape index (κ1) is 16.1. The van der Waals surface area contributed by atoms with E-state index in [1.807, 2.05) is 4.68 Å². The van der Waals surface area contributed by atoms with Crippen LogP contribution >= 0.6 is 0 Å². The molecule has 3 rings (SSSR count). The van der Waals surface area contributed by atoms with Gasteiger partial charge in [-0.1, -0.05) is 12.1 Å². The molecule has 2 aromatic rings. The van der Waals surface area contributed by atoms with Gasteiger partial charge in [0.1, 0.15) is 18.0 Å². The zero-order valence-corrected chi connectivity index (χ0v) is 13.5. The molecule has 23 heavy (non-hydrogen) atoms. The number of likely N-dealkylation sites (tertiary alicyclic amines) is 1. The molecule has 0 unspecified atom stereocenters. The first-order valence-corrected chi connectivity index (χ1v) is 8.09. The summed E-state index contributed by atoms with van der Waals surface area (Å²) >= 11 is 0. The van der Waals surface area contributed by atoms with E-state index in [4.69, 9.17) is 4.74 Å². The van der Waals surface area contributed by atoms with Crippen molar-refractivity contribution in [3.8, 4) is 0 Å². The third-order valence-corrected chi connectivity index (χ3v) is 4.46. The summed E-state index contributed by atoms with van der Waals surface area (Å²) in [6, 6.07) is 6.57. The van der Waals surface area contributed by atoms with Crippen LogP contribution in [-0.4, -0.2) is 53.0 Å². The Hall–Kier alpha value is -1.79. The normalized spacial score (nSPS) is 16.8. The highest BCUT2D eigenvalue weighted by molar-refractivity contribution is 5.16. The van der Waals surface area contributed by atoms with Gasteiger partial charge in [-0.25, -0.2) is 14.1 Å². The average molecular weight is 318 g/mol. The summed E-state index contributed by atoms with van der Waals surface area (Å²) < 4.78 is 20.1. The van der Waals surface area contributed by atoms with Gasteiger partial charge in [-0.3, -0.25) is 0 Å². The number of methoxy groups -OCH3 is 1. The molecule has 2 heterocycles. The standard InChI is InChI=1S/C17H23FN4O/c1-23-11-10-21-8-6-15(7-9-21)17-19-13-20-22(17)12-14-2-4-16(18)5-3-14/h2-5,13,15H,6-12H2,1H3. The molecule has 0 amide bonds. The van der Waals surface area contributed by atoms with E-state index < -0.39 is 0 Å². The third-order valence-electron chi connectivity index (χ3n) is 4.46. The summed E-state index contributed by atoms with van der Waals surface area (Å²) in [5, 5.41) is 4.36. The van der Waals surface area contributed by atoms with Gasteiger partial charge in [-0.2, -0.15) is 5.10 Å². The first-order chi connectivity index (χ1) is 11.3. The van der Waals surface area contributed by atoms with Crippen molar-refractivity contribution < 1.29 is 9.13 Å². The van der Waals surface area contributed by atoms with E-state index in [-0.39, 0.29) is 5.82 Å². The van der Waals surface area contributed by atoms with E-state index in [1.165, 1.54) is 12.1 Å². The molecule has 124 valence electrons. The van der Waals surface area contributed by atoms with E-state index in [9.17, 15) is 4.39 Å². The smallest absolute Gasteiger partial charge is 0.138 e. The van der Waals surface area contributed by atoms with Gasteiger partial charge in [0.15, 0.2) is 0 Å². The third kappa shape index (κ3) is 4.14. The second-order valence-corrected chi connectivity index (χ2v) is 6.01. The fourth-order valence-corrected chi connectivity index (χ4v) is 3.11. The number of piperidine rings is 1. The minimum atomic E-state index is -0.212. The van der Waals surface area contributed by atoms with Crippen molar-refractivity contribution in [2.24, 2.45) is 0 Å². The van der Waals surface area contributed by atoms with Crippen LogP contribution in [0.5, 0.6) is 0 Å². The maximum Gasteiger partial charge on any atom is 0.138 e. The highest BCUT2D eigenvalue weighted by Gasteiger charge is 2.24. The summed E-state index contributed by atoms with van der Waals surface area (Å²) in [6.45, 7) is 4.55. The molecule has 0 atom stereocenters. The van der Waals surface area contributed by atoms with E-state index in [2.05, 4.69) is 15.0 Å². The SMILES string of the molecule is COCCN1CCC(c2ncnn2Cc2ccc(F)cc2)CC1. The summed E-state index contributed by atoms with van der Waals surface area (Å²) in [5.74, 6) is 1.27. The lowest BCUT2D eigenvalue weighted by molar-refractivity contribution is 0.129. The van der Waals surface area contributed by atoms with Crippen LogP contribution in [0.3, 0.4) is 0 Å². The van der Waals surface area contributed by atoms with E-state index in [1.54, 1.807) is 25.6 Å². The van der Waals surface area contributed by atoms with Gasteiger partial charge in [0, 0.05) is 19.6 Å². The summed E-state index contributed by atoms with van der Waals surface area (Å²) in [6.07, 6.45) is 3.80. The Morgan fingerprint density at radius 3 is 2.65 bits per heavy atom. The van der Waals surface area contributed by atoms with Gasteiger partial charge in [0.2, 0.25) is 0 Å². The Morgan fingerprint density at radius 1 is 1.22 bits per heavy atom. The maximum atomic E-state index is 13.0. The lowest BCUT2D eigenvalue weighted by Gasteiger charge is -2.31. The van der Waals surface area contributed by atoms with Gasteiger partial charge in [0.05, 0.1) is 13.2 Å². The van der Waals surface area contributed by atoms with Crippen molar-refractivity contribution in [1.82, 2.24) is 19.7 Å². The minimum absolute atomic E-state index is 0.212. The summed E-state index contributed by atoms with van der Waals surface area (Å²) in [5.41, 5.74) is 1.04. The van der Waals surface area contributed by atoms with Crippen LogP contribution in [0.1, 0.15) is 30.1 Å².